The predicted octanol–water partition coefficient (Wildman–Crippen LogP) is 3.67. The molecule has 0 rings (SSSR count). The number of rotatable bonds is 5. The van der Waals surface area contributed by atoms with E-state index in [1.54, 1.807) is 0 Å². The zero-order valence-corrected chi connectivity index (χ0v) is 9.98. The maximum Gasteiger partial charge on any atom is 0.135 e. The molecule has 0 aromatic rings. The molecule has 0 aliphatic rings. The van der Waals surface area contributed by atoms with Gasteiger partial charge in [0.2, 0.25) is 0 Å². The summed E-state index contributed by atoms with van der Waals surface area (Å²) >= 11 is 0. The van der Waals surface area contributed by atoms with E-state index in [-0.39, 0.29) is 5.92 Å². The number of ketones is 1. The normalized spacial score (nSPS) is 12.6. The van der Waals surface area contributed by atoms with Crippen molar-refractivity contribution in [2.24, 2.45) is 17.3 Å². The maximum absolute atomic E-state index is 11.4. The van der Waals surface area contributed by atoms with Crippen molar-refractivity contribution < 1.29 is 4.79 Å². The Labute approximate surface area is 82.9 Å². The molecule has 0 bridgehead atoms. The molecule has 0 amide bonds. The van der Waals surface area contributed by atoms with Crippen molar-refractivity contribution in [2.75, 3.05) is 0 Å². The first-order valence-electron chi connectivity index (χ1n) is 5.30. The van der Waals surface area contributed by atoms with E-state index in [4.69, 9.17) is 0 Å². The Bertz CT molecular complexity index is 166. The van der Waals surface area contributed by atoms with Crippen LogP contribution in [0.5, 0.6) is 0 Å². The largest absolute Gasteiger partial charge is 0.299 e. The summed E-state index contributed by atoms with van der Waals surface area (Å²) < 4.78 is 0. The first-order chi connectivity index (χ1) is 5.77. The van der Waals surface area contributed by atoms with E-state index >= 15 is 0 Å². The fourth-order valence-corrected chi connectivity index (χ4v) is 1.02. The second-order valence-corrected chi connectivity index (χ2v) is 5.26. The average Bonchev–Trinajstić information content (AvgIpc) is 1.99. The third-order valence-corrected chi connectivity index (χ3v) is 3.22. The van der Waals surface area contributed by atoms with Gasteiger partial charge in [0.1, 0.15) is 5.78 Å². The summed E-state index contributed by atoms with van der Waals surface area (Å²) in [6.07, 6.45) is 1.75. The molecule has 0 spiro atoms. The van der Waals surface area contributed by atoms with E-state index in [9.17, 15) is 4.79 Å². The van der Waals surface area contributed by atoms with Crippen LogP contribution in [-0.4, -0.2) is 5.78 Å². The smallest absolute Gasteiger partial charge is 0.135 e. The third kappa shape index (κ3) is 4.44. The van der Waals surface area contributed by atoms with Gasteiger partial charge in [0.05, 0.1) is 0 Å². The molecule has 0 unspecified atom stereocenters. The van der Waals surface area contributed by atoms with Crippen LogP contribution in [0.1, 0.15) is 54.4 Å². The SMILES string of the molecule is CC(C)C(=O)CCC(C)(C)C(C)C. The van der Waals surface area contributed by atoms with Crippen molar-refractivity contribution in [2.45, 2.75) is 54.4 Å². The Morgan fingerprint density at radius 2 is 1.62 bits per heavy atom. The van der Waals surface area contributed by atoms with Crippen LogP contribution in [0.2, 0.25) is 0 Å². The fourth-order valence-electron chi connectivity index (χ4n) is 1.02. The Balaban J connectivity index is 3.95. The summed E-state index contributed by atoms with van der Waals surface area (Å²) in [6, 6.07) is 0. The molecule has 0 fully saturated rings. The second-order valence-electron chi connectivity index (χ2n) is 5.26. The van der Waals surface area contributed by atoms with Gasteiger partial charge in [-0.25, -0.2) is 0 Å². The molecule has 0 aliphatic heterocycles. The molecule has 0 atom stereocenters. The number of hydrogen-bond donors (Lipinski definition) is 0. The third-order valence-electron chi connectivity index (χ3n) is 3.22. The molecule has 13 heavy (non-hydrogen) atoms. The van der Waals surface area contributed by atoms with Gasteiger partial charge in [0, 0.05) is 12.3 Å². The highest BCUT2D eigenvalue weighted by atomic mass is 16.1. The lowest BCUT2D eigenvalue weighted by Gasteiger charge is -2.29. The van der Waals surface area contributed by atoms with Gasteiger partial charge < -0.3 is 0 Å². The fraction of sp³-hybridized carbons (Fsp3) is 0.917. The number of carbonyl (C=O) groups is 1. The lowest BCUT2D eigenvalue weighted by Crippen LogP contribution is -2.21. The van der Waals surface area contributed by atoms with Gasteiger partial charge in [0.25, 0.3) is 0 Å². The van der Waals surface area contributed by atoms with Crippen molar-refractivity contribution in [3.8, 4) is 0 Å². The first kappa shape index (κ1) is 12.7. The van der Waals surface area contributed by atoms with Crippen LogP contribution in [0, 0.1) is 17.3 Å². The molecule has 1 nitrogen and oxygen atoms in total. The van der Waals surface area contributed by atoms with Crippen LogP contribution in [-0.2, 0) is 4.79 Å². The molecule has 0 saturated carbocycles. The van der Waals surface area contributed by atoms with Crippen LogP contribution in [0.25, 0.3) is 0 Å². The average molecular weight is 184 g/mol. The summed E-state index contributed by atoms with van der Waals surface area (Å²) in [4.78, 5) is 11.4. The molecule has 78 valence electrons. The maximum atomic E-state index is 11.4. The van der Waals surface area contributed by atoms with Crippen molar-refractivity contribution >= 4 is 5.78 Å². The molecule has 0 saturated heterocycles. The Morgan fingerprint density at radius 3 is 1.92 bits per heavy atom. The predicted molar refractivity (Wildman–Crippen MR) is 57.7 cm³/mol. The number of hydrogen-bond acceptors (Lipinski definition) is 1. The molecule has 0 aliphatic carbocycles. The van der Waals surface area contributed by atoms with E-state index in [2.05, 4.69) is 27.7 Å². The lowest BCUT2D eigenvalue weighted by molar-refractivity contribution is -0.122. The quantitative estimate of drug-likeness (QED) is 0.637. The Morgan fingerprint density at radius 1 is 1.15 bits per heavy atom. The molecule has 0 radical (unpaired) electrons. The molecule has 0 N–H and O–H groups in total. The first-order valence-corrected chi connectivity index (χ1v) is 5.30. The van der Waals surface area contributed by atoms with Gasteiger partial charge in [-0.2, -0.15) is 0 Å². The van der Waals surface area contributed by atoms with Crippen LogP contribution in [0.3, 0.4) is 0 Å². The second kappa shape index (κ2) is 4.78. The molecular weight excluding hydrogens is 160 g/mol. The summed E-state index contributed by atoms with van der Waals surface area (Å²) in [5.74, 6) is 1.24. The highest BCUT2D eigenvalue weighted by Crippen LogP contribution is 2.31. The van der Waals surface area contributed by atoms with Crippen LogP contribution in [0.4, 0.5) is 0 Å². The topological polar surface area (TPSA) is 17.1 Å². The van der Waals surface area contributed by atoms with E-state index in [0.29, 0.717) is 17.1 Å². The number of carbonyl (C=O) groups excluding carboxylic acids is 1. The lowest BCUT2D eigenvalue weighted by atomic mass is 9.76. The van der Waals surface area contributed by atoms with Gasteiger partial charge in [-0.3, -0.25) is 4.79 Å². The Hall–Kier alpha value is -0.330. The number of Topliss-reactive ketones (excluding diaryl/α,β-unsaturated/α-hetero) is 1. The summed E-state index contributed by atoms with van der Waals surface area (Å²) in [7, 11) is 0. The molecule has 0 aromatic carbocycles. The minimum absolute atomic E-state index is 0.197. The van der Waals surface area contributed by atoms with E-state index in [0.717, 1.165) is 12.8 Å². The highest BCUT2D eigenvalue weighted by Gasteiger charge is 2.23. The van der Waals surface area contributed by atoms with Crippen LogP contribution in [0.15, 0.2) is 0 Å². The van der Waals surface area contributed by atoms with E-state index in [1.165, 1.54) is 0 Å². The summed E-state index contributed by atoms with van der Waals surface area (Å²) in [6.45, 7) is 12.9. The minimum Gasteiger partial charge on any atom is -0.299 e. The zero-order chi connectivity index (χ0) is 10.6. The van der Waals surface area contributed by atoms with Gasteiger partial charge in [-0.1, -0.05) is 41.5 Å². The van der Waals surface area contributed by atoms with Gasteiger partial charge in [0.15, 0.2) is 0 Å². The molecule has 1 heteroatoms. The van der Waals surface area contributed by atoms with Gasteiger partial charge in [-0.05, 0) is 17.8 Å². The molecular formula is C12H24O. The summed E-state index contributed by atoms with van der Waals surface area (Å²) in [5.41, 5.74) is 0.296. The molecule has 0 aromatic heterocycles. The molecule has 0 heterocycles. The van der Waals surface area contributed by atoms with Crippen molar-refractivity contribution in [1.82, 2.24) is 0 Å². The van der Waals surface area contributed by atoms with Crippen LogP contribution >= 0.6 is 0 Å². The van der Waals surface area contributed by atoms with Gasteiger partial charge >= 0.3 is 0 Å². The van der Waals surface area contributed by atoms with E-state index in [1.807, 2.05) is 13.8 Å². The Kier molecular flexibility index (Phi) is 4.66. The van der Waals surface area contributed by atoms with Crippen LogP contribution < -0.4 is 0 Å². The van der Waals surface area contributed by atoms with Crippen molar-refractivity contribution in [1.29, 1.82) is 0 Å². The monoisotopic (exact) mass is 184 g/mol. The standard InChI is InChI=1S/C12H24O/c1-9(2)11(13)7-8-12(5,6)10(3)4/h9-10H,7-8H2,1-6H3. The van der Waals surface area contributed by atoms with Crippen molar-refractivity contribution in [3.63, 3.8) is 0 Å². The van der Waals surface area contributed by atoms with Crippen molar-refractivity contribution in [3.05, 3.63) is 0 Å². The van der Waals surface area contributed by atoms with Gasteiger partial charge in [-0.15, -0.1) is 0 Å². The highest BCUT2D eigenvalue weighted by molar-refractivity contribution is 5.80. The van der Waals surface area contributed by atoms with E-state index < -0.39 is 0 Å². The minimum atomic E-state index is 0.197. The summed E-state index contributed by atoms with van der Waals surface area (Å²) in [5, 5.41) is 0. The zero-order valence-electron chi connectivity index (χ0n) is 9.98.